The normalized spacial score (nSPS) is 15.4. The average Bonchev–Trinajstić information content (AvgIpc) is 2.66. The minimum absolute atomic E-state index is 0.0258. The van der Waals surface area contributed by atoms with Crippen molar-refractivity contribution in [3.8, 4) is 0 Å². The van der Waals surface area contributed by atoms with E-state index in [0.29, 0.717) is 13.0 Å². The molecular weight excluding hydrogens is 196 g/mol. The summed E-state index contributed by atoms with van der Waals surface area (Å²) in [5.41, 5.74) is 0. The molecule has 1 aromatic heterocycles. The molecule has 3 heteroatoms. The Morgan fingerprint density at radius 1 is 1.50 bits per heavy atom. The molecule has 1 aromatic rings. The molecular formula is C11H18O2S. The lowest BCUT2D eigenvalue weighted by Gasteiger charge is -2.20. The van der Waals surface area contributed by atoms with Gasteiger partial charge in [0.2, 0.25) is 0 Å². The van der Waals surface area contributed by atoms with Gasteiger partial charge in [-0.2, -0.15) is 0 Å². The first-order valence-electron chi connectivity index (χ1n) is 5.10. The van der Waals surface area contributed by atoms with Gasteiger partial charge in [-0.05, 0) is 24.8 Å². The van der Waals surface area contributed by atoms with Gasteiger partial charge in [0.05, 0.1) is 12.2 Å². The largest absolute Gasteiger partial charge is 0.390 e. The number of thiophene rings is 1. The molecule has 0 aliphatic heterocycles. The maximum Gasteiger partial charge on any atom is 0.0849 e. The first-order chi connectivity index (χ1) is 6.77. The van der Waals surface area contributed by atoms with E-state index in [0.717, 1.165) is 6.42 Å². The van der Waals surface area contributed by atoms with Crippen LogP contribution in [0.5, 0.6) is 0 Å². The summed E-state index contributed by atoms with van der Waals surface area (Å²) in [7, 11) is 0. The van der Waals surface area contributed by atoms with Gasteiger partial charge in [-0.15, -0.1) is 11.3 Å². The standard InChI is InChI=1S/C11H18O2S/c1-3-11(13-4-2)10(12)8-9-6-5-7-14-9/h5-7,10-12H,3-4,8H2,1-2H3. The maximum absolute atomic E-state index is 9.89. The van der Waals surface area contributed by atoms with Gasteiger partial charge in [-0.3, -0.25) is 0 Å². The van der Waals surface area contributed by atoms with Crippen LogP contribution >= 0.6 is 11.3 Å². The molecule has 1 N–H and O–H groups in total. The third kappa shape index (κ3) is 3.40. The van der Waals surface area contributed by atoms with Crippen LogP contribution in [0.2, 0.25) is 0 Å². The van der Waals surface area contributed by atoms with E-state index >= 15 is 0 Å². The monoisotopic (exact) mass is 214 g/mol. The first kappa shape index (κ1) is 11.7. The highest BCUT2D eigenvalue weighted by molar-refractivity contribution is 7.09. The second-order valence-corrected chi connectivity index (χ2v) is 4.29. The predicted octanol–water partition coefficient (Wildman–Crippen LogP) is 2.47. The van der Waals surface area contributed by atoms with E-state index in [4.69, 9.17) is 4.74 Å². The minimum Gasteiger partial charge on any atom is -0.390 e. The molecule has 2 unspecified atom stereocenters. The summed E-state index contributed by atoms with van der Waals surface area (Å²) in [5.74, 6) is 0. The molecule has 0 saturated carbocycles. The number of aliphatic hydroxyl groups excluding tert-OH is 1. The Kier molecular flexibility index (Phi) is 5.15. The summed E-state index contributed by atoms with van der Waals surface area (Å²) in [6, 6.07) is 4.06. The number of ether oxygens (including phenoxy) is 1. The highest BCUT2D eigenvalue weighted by atomic mass is 32.1. The zero-order chi connectivity index (χ0) is 10.4. The summed E-state index contributed by atoms with van der Waals surface area (Å²) in [6.07, 6.45) is 1.16. The Labute approximate surface area is 89.5 Å². The molecule has 0 spiro atoms. The Balaban J connectivity index is 2.43. The number of rotatable bonds is 6. The highest BCUT2D eigenvalue weighted by Crippen LogP contribution is 2.15. The molecule has 0 aromatic carbocycles. The zero-order valence-electron chi connectivity index (χ0n) is 8.77. The second-order valence-electron chi connectivity index (χ2n) is 3.25. The summed E-state index contributed by atoms with van der Waals surface area (Å²) in [4.78, 5) is 1.22. The fraction of sp³-hybridized carbons (Fsp3) is 0.636. The van der Waals surface area contributed by atoms with Crippen molar-refractivity contribution in [2.75, 3.05) is 6.61 Å². The molecule has 1 rings (SSSR count). The number of aliphatic hydroxyl groups is 1. The number of hydrogen-bond donors (Lipinski definition) is 1. The average molecular weight is 214 g/mol. The maximum atomic E-state index is 9.89. The molecule has 0 bridgehead atoms. The summed E-state index contributed by atoms with van der Waals surface area (Å²) in [5, 5.41) is 11.9. The zero-order valence-corrected chi connectivity index (χ0v) is 9.59. The minimum atomic E-state index is -0.376. The van der Waals surface area contributed by atoms with Gasteiger partial charge in [-0.25, -0.2) is 0 Å². The van der Waals surface area contributed by atoms with Gasteiger partial charge < -0.3 is 9.84 Å². The highest BCUT2D eigenvalue weighted by Gasteiger charge is 2.17. The van der Waals surface area contributed by atoms with Crippen molar-refractivity contribution in [1.29, 1.82) is 0 Å². The SMILES string of the molecule is CCOC(CC)C(O)Cc1cccs1. The van der Waals surface area contributed by atoms with E-state index in [2.05, 4.69) is 0 Å². The Morgan fingerprint density at radius 3 is 2.79 bits per heavy atom. The molecule has 0 amide bonds. The van der Waals surface area contributed by atoms with E-state index < -0.39 is 0 Å². The fourth-order valence-corrected chi connectivity index (χ4v) is 2.24. The third-order valence-electron chi connectivity index (χ3n) is 2.20. The van der Waals surface area contributed by atoms with Crippen LogP contribution in [0.3, 0.4) is 0 Å². The lowest BCUT2D eigenvalue weighted by Crippen LogP contribution is -2.30. The van der Waals surface area contributed by atoms with Crippen LogP contribution in [0.1, 0.15) is 25.1 Å². The smallest absolute Gasteiger partial charge is 0.0849 e. The molecule has 0 aliphatic rings. The van der Waals surface area contributed by atoms with E-state index in [1.165, 1.54) is 4.88 Å². The van der Waals surface area contributed by atoms with Crippen LogP contribution in [0, 0.1) is 0 Å². The lowest BCUT2D eigenvalue weighted by molar-refractivity contribution is -0.0331. The van der Waals surface area contributed by atoms with E-state index in [1.54, 1.807) is 11.3 Å². The number of hydrogen-bond acceptors (Lipinski definition) is 3. The predicted molar refractivity (Wildman–Crippen MR) is 59.7 cm³/mol. The first-order valence-corrected chi connectivity index (χ1v) is 5.97. The summed E-state index contributed by atoms with van der Waals surface area (Å²) < 4.78 is 5.46. The van der Waals surface area contributed by atoms with E-state index in [1.807, 2.05) is 31.4 Å². The molecule has 2 atom stereocenters. The Hall–Kier alpha value is -0.380. The van der Waals surface area contributed by atoms with Gasteiger partial charge in [-0.1, -0.05) is 13.0 Å². The van der Waals surface area contributed by atoms with Crippen LogP contribution in [0.25, 0.3) is 0 Å². The van der Waals surface area contributed by atoms with Gasteiger partial charge >= 0.3 is 0 Å². The molecule has 1 heterocycles. The Morgan fingerprint density at radius 2 is 2.29 bits per heavy atom. The van der Waals surface area contributed by atoms with Crippen LogP contribution in [-0.2, 0) is 11.2 Å². The fourth-order valence-electron chi connectivity index (χ4n) is 1.48. The molecule has 80 valence electrons. The van der Waals surface area contributed by atoms with Crippen molar-refractivity contribution in [2.24, 2.45) is 0 Å². The Bertz CT molecular complexity index is 233. The van der Waals surface area contributed by atoms with Crippen molar-refractivity contribution in [2.45, 2.75) is 38.9 Å². The molecule has 2 nitrogen and oxygen atoms in total. The van der Waals surface area contributed by atoms with Crippen LogP contribution in [-0.4, -0.2) is 23.9 Å². The van der Waals surface area contributed by atoms with Crippen molar-refractivity contribution >= 4 is 11.3 Å². The molecule has 0 radical (unpaired) electrons. The molecule has 0 saturated heterocycles. The summed E-state index contributed by atoms with van der Waals surface area (Å²) in [6.45, 7) is 4.67. The van der Waals surface area contributed by atoms with Crippen LogP contribution in [0.15, 0.2) is 17.5 Å². The third-order valence-corrected chi connectivity index (χ3v) is 3.10. The van der Waals surface area contributed by atoms with E-state index in [-0.39, 0.29) is 12.2 Å². The van der Waals surface area contributed by atoms with Crippen molar-refractivity contribution in [1.82, 2.24) is 0 Å². The lowest BCUT2D eigenvalue weighted by atomic mass is 10.1. The molecule has 0 fully saturated rings. The second kappa shape index (κ2) is 6.17. The van der Waals surface area contributed by atoms with Gasteiger partial charge in [0, 0.05) is 17.9 Å². The van der Waals surface area contributed by atoms with Gasteiger partial charge in [0.1, 0.15) is 0 Å². The molecule has 14 heavy (non-hydrogen) atoms. The van der Waals surface area contributed by atoms with Crippen LogP contribution in [0.4, 0.5) is 0 Å². The van der Waals surface area contributed by atoms with Crippen molar-refractivity contribution in [3.63, 3.8) is 0 Å². The quantitative estimate of drug-likeness (QED) is 0.788. The topological polar surface area (TPSA) is 29.5 Å². The van der Waals surface area contributed by atoms with Gasteiger partial charge in [0.15, 0.2) is 0 Å². The molecule has 0 aliphatic carbocycles. The summed E-state index contributed by atoms with van der Waals surface area (Å²) >= 11 is 1.68. The van der Waals surface area contributed by atoms with E-state index in [9.17, 15) is 5.11 Å². The van der Waals surface area contributed by atoms with Crippen molar-refractivity contribution < 1.29 is 9.84 Å². The van der Waals surface area contributed by atoms with Gasteiger partial charge in [0.25, 0.3) is 0 Å². The van der Waals surface area contributed by atoms with Crippen LogP contribution < -0.4 is 0 Å². The van der Waals surface area contributed by atoms with Crippen molar-refractivity contribution in [3.05, 3.63) is 22.4 Å².